The van der Waals surface area contributed by atoms with Gasteiger partial charge in [-0.3, -0.25) is 0 Å². The Morgan fingerprint density at radius 3 is 2.79 bits per heavy atom. The molecule has 0 radical (unpaired) electrons. The minimum Gasteiger partial charge on any atom is -0.207 e. The van der Waals surface area contributed by atoms with Gasteiger partial charge in [-0.2, -0.15) is 0 Å². The van der Waals surface area contributed by atoms with E-state index in [-0.39, 0.29) is 5.82 Å². The molecule has 0 atom stereocenters. The first kappa shape index (κ1) is 11.3. The van der Waals surface area contributed by atoms with Crippen molar-refractivity contribution in [1.29, 1.82) is 0 Å². The van der Waals surface area contributed by atoms with Gasteiger partial charge in [0.2, 0.25) is 0 Å². The Balaban J connectivity index is 3.06. The minimum atomic E-state index is -0.202. The predicted octanol–water partition coefficient (Wildman–Crippen LogP) is 4.17. The standard InChI is InChI=1S/C12H14ClF/c1-3-10(8-13)6-11-7-12(14)5-4-9(11)2/h4-7H,3,8H2,1-2H3/b10-6-. The zero-order valence-corrected chi connectivity index (χ0v) is 9.24. The van der Waals surface area contributed by atoms with Crippen LogP contribution in [-0.4, -0.2) is 5.88 Å². The molecule has 0 spiro atoms. The number of benzene rings is 1. The summed E-state index contributed by atoms with van der Waals surface area (Å²) in [6, 6.07) is 4.79. The summed E-state index contributed by atoms with van der Waals surface area (Å²) >= 11 is 5.75. The lowest BCUT2D eigenvalue weighted by molar-refractivity contribution is 0.627. The van der Waals surface area contributed by atoms with Crippen molar-refractivity contribution in [2.75, 3.05) is 5.88 Å². The monoisotopic (exact) mass is 212 g/mol. The molecule has 0 aromatic heterocycles. The molecule has 0 aliphatic carbocycles. The molecule has 0 nitrogen and oxygen atoms in total. The summed E-state index contributed by atoms with van der Waals surface area (Å²) in [6.07, 6.45) is 2.87. The maximum absolute atomic E-state index is 12.9. The Labute approximate surface area is 89.4 Å². The number of allylic oxidation sites excluding steroid dienone is 1. The fraction of sp³-hybridized carbons (Fsp3) is 0.333. The van der Waals surface area contributed by atoms with Crippen molar-refractivity contribution in [3.63, 3.8) is 0 Å². The quantitative estimate of drug-likeness (QED) is 0.660. The van der Waals surface area contributed by atoms with Crippen LogP contribution in [0.25, 0.3) is 6.08 Å². The van der Waals surface area contributed by atoms with E-state index in [1.807, 2.05) is 19.9 Å². The lowest BCUT2D eigenvalue weighted by Crippen LogP contribution is -1.87. The van der Waals surface area contributed by atoms with Gasteiger partial charge in [-0.05, 0) is 36.6 Å². The third-order valence-corrected chi connectivity index (χ3v) is 2.57. The smallest absolute Gasteiger partial charge is 0.123 e. The molecule has 0 saturated carbocycles. The average molecular weight is 213 g/mol. The van der Waals surface area contributed by atoms with Gasteiger partial charge in [0, 0.05) is 5.88 Å². The normalized spacial score (nSPS) is 11.9. The number of rotatable bonds is 3. The topological polar surface area (TPSA) is 0 Å². The third kappa shape index (κ3) is 2.85. The van der Waals surface area contributed by atoms with Crippen molar-refractivity contribution < 1.29 is 4.39 Å². The first-order valence-electron chi connectivity index (χ1n) is 4.69. The zero-order valence-electron chi connectivity index (χ0n) is 8.48. The Hall–Kier alpha value is -0.820. The van der Waals surface area contributed by atoms with Gasteiger partial charge in [0.1, 0.15) is 5.82 Å². The first-order valence-corrected chi connectivity index (χ1v) is 5.22. The molecule has 0 aliphatic heterocycles. The van der Waals surface area contributed by atoms with E-state index < -0.39 is 0 Å². The highest BCUT2D eigenvalue weighted by Crippen LogP contribution is 2.16. The van der Waals surface area contributed by atoms with Crippen molar-refractivity contribution in [2.24, 2.45) is 0 Å². The summed E-state index contributed by atoms with van der Waals surface area (Å²) in [4.78, 5) is 0. The summed E-state index contributed by atoms with van der Waals surface area (Å²) in [5, 5.41) is 0. The molecule has 76 valence electrons. The Bertz CT molecular complexity index is 336. The molecule has 0 amide bonds. The van der Waals surface area contributed by atoms with Crippen LogP contribution in [0.4, 0.5) is 4.39 Å². The highest BCUT2D eigenvalue weighted by molar-refractivity contribution is 6.19. The van der Waals surface area contributed by atoms with Crippen LogP contribution in [-0.2, 0) is 0 Å². The van der Waals surface area contributed by atoms with Crippen LogP contribution in [0.1, 0.15) is 24.5 Å². The average Bonchev–Trinajstić information content (AvgIpc) is 2.19. The molecule has 0 bridgehead atoms. The zero-order chi connectivity index (χ0) is 10.6. The molecule has 0 heterocycles. The second-order valence-electron chi connectivity index (χ2n) is 3.29. The van der Waals surface area contributed by atoms with Crippen molar-refractivity contribution in [2.45, 2.75) is 20.3 Å². The molecule has 14 heavy (non-hydrogen) atoms. The Morgan fingerprint density at radius 2 is 2.21 bits per heavy atom. The van der Waals surface area contributed by atoms with Gasteiger partial charge in [-0.1, -0.05) is 24.6 Å². The van der Waals surface area contributed by atoms with Gasteiger partial charge in [0.15, 0.2) is 0 Å². The van der Waals surface area contributed by atoms with Gasteiger partial charge in [-0.15, -0.1) is 11.6 Å². The predicted molar refractivity (Wildman–Crippen MR) is 60.1 cm³/mol. The van der Waals surface area contributed by atoms with E-state index >= 15 is 0 Å². The fourth-order valence-electron chi connectivity index (χ4n) is 1.22. The second kappa shape index (κ2) is 5.16. The fourth-order valence-corrected chi connectivity index (χ4v) is 1.49. The van der Waals surface area contributed by atoms with Gasteiger partial charge in [-0.25, -0.2) is 4.39 Å². The molecule has 1 rings (SSSR count). The number of halogens is 2. The van der Waals surface area contributed by atoms with E-state index in [9.17, 15) is 4.39 Å². The summed E-state index contributed by atoms with van der Waals surface area (Å²) in [5.74, 6) is 0.304. The van der Waals surface area contributed by atoms with Crippen LogP contribution in [0.2, 0.25) is 0 Å². The summed E-state index contributed by atoms with van der Waals surface area (Å²) < 4.78 is 12.9. The molecule has 1 aromatic carbocycles. The molecular formula is C12H14ClF. The lowest BCUT2D eigenvalue weighted by Gasteiger charge is -2.03. The van der Waals surface area contributed by atoms with E-state index in [0.29, 0.717) is 5.88 Å². The Morgan fingerprint density at radius 1 is 1.50 bits per heavy atom. The van der Waals surface area contributed by atoms with Crippen molar-refractivity contribution in [3.05, 3.63) is 40.7 Å². The van der Waals surface area contributed by atoms with Crippen molar-refractivity contribution >= 4 is 17.7 Å². The van der Waals surface area contributed by atoms with Gasteiger partial charge in [0.05, 0.1) is 0 Å². The lowest BCUT2D eigenvalue weighted by atomic mass is 10.1. The largest absolute Gasteiger partial charge is 0.207 e. The van der Waals surface area contributed by atoms with Crippen LogP contribution < -0.4 is 0 Å². The van der Waals surface area contributed by atoms with E-state index in [1.54, 1.807) is 6.07 Å². The van der Waals surface area contributed by atoms with Crippen LogP contribution in [0, 0.1) is 12.7 Å². The summed E-state index contributed by atoms with van der Waals surface area (Å²) in [5.41, 5.74) is 3.12. The van der Waals surface area contributed by atoms with E-state index in [2.05, 4.69) is 0 Å². The molecular weight excluding hydrogens is 199 g/mol. The maximum Gasteiger partial charge on any atom is 0.123 e. The number of hydrogen-bond acceptors (Lipinski definition) is 0. The van der Waals surface area contributed by atoms with E-state index in [4.69, 9.17) is 11.6 Å². The maximum atomic E-state index is 12.9. The summed E-state index contributed by atoms with van der Waals surface area (Å²) in [6.45, 7) is 4.01. The van der Waals surface area contributed by atoms with Gasteiger partial charge in [0.25, 0.3) is 0 Å². The van der Waals surface area contributed by atoms with Gasteiger partial charge >= 0.3 is 0 Å². The number of hydrogen-bond donors (Lipinski definition) is 0. The molecule has 0 unspecified atom stereocenters. The molecule has 0 saturated heterocycles. The van der Waals surface area contributed by atoms with E-state index in [1.165, 1.54) is 12.1 Å². The van der Waals surface area contributed by atoms with Crippen LogP contribution in [0.3, 0.4) is 0 Å². The first-order chi connectivity index (χ1) is 6.67. The molecule has 0 N–H and O–H groups in total. The summed E-state index contributed by atoms with van der Waals surface area (Å²) in [7, 11) is 0. The van der Waals surface area contributed by atoms with Crippen molar-refractivity contribution in [1.82, 2.24) is 0 Å². The molecule has 2 heteroatoms. The van der Waals surface area contributed by atoms with Gasteiger partial charge < -0.3 is 0 Å². The van der Waals surface area contributed by atoms with Crippen LogP contribution in [0.15, 0.2) is 23.8 Å². The Kier molecular flexibility index (Phi) is 4.15. The van der Waals surface area contributed by atoms with Crippen molar-refractivity contribution in [3.8, 4) is 0 Å². The molecule has 0 fully saturated rings. The van der Waals surface area contributed by atoms with E-state index in [0.717, 1.165) is 23.1 Å². The second-order valence-corrected chi connectivity index (χ2v) is 3.56. The highest BCUT2D eigenvalue weighted by Gasteiger charge is 1.99. The van der Waals surface area contributed by atoms with Crippen LogP contribution >= 0.6 is 11.6 Å². The van der Waals surface area contributed by atoms with Crippen LogP contribution in [0.5, 0.6) is 0 Å². The molecule has 1 aromatic rings. The minimum absolute atomic E-state index is 0.202. The number of aryl methyl sites for hydroxylation is 1. The third-order valence-electron chi connectivity index (χ3n) is 2.23. The highest BCUT2D eigenvalue weighted by atomic mass is 35.5. The SMILES string of the molecule is CC/C(=C/c1cc(F)ccc1C)CCl. The number of alkyl halides is 1. The molecule has 0 aliphatic rings.